The van der Waals surface area contributed by atoms with Crippen LogP contribution in [0.15, 0.2) is 53.1 Å². The highest BCUT2D eigenvalue weighted by molar-refractivity contribution is 6.13. The molecule has 1 saturated heterocycles. The zero-order valence-corrected chi connectivity index (χ0v) is 17.0. The Kier molecular flexibility index (Phi) is 4.70. The highest BCUT2D eigenvalue weighted by Gasteiger charge is 2.43. The van der Waals surface area contributed by atoms with E-state index in [9.17, 15) is 9.59 Å². The summed E-state index contributed by atoms with van der Waals surface area (Å²) in [5.41, 5.74) is 5.47. The van der Waals surface area contributed by atoms with Crippen LogP contribution >= 0.6 is 0 Å². The maximum Gasteiger partial charge on any atom is 0.332 e. The van der Waals surface area contributed by atoms with Crippen LogP contribution < -0.4 is 4.90 Å². The van der Waals surface area contributed by atoms with Gasteiger partial charge < -0.3 is 4.42 Å². The van der Waals surface area contributed by atoms with Gasteiger partial charge in [-0.15, -0.1) is 0 Å². The molecule has 0 radical (unpaired) electrons. The van der Waals surface area contributed by atoms with E-state index in [0.29, 0.717) is 17.3 Å². The Bertz CT molecular complexity index is 1090. The number of amides is 3. The monoisotopic (exact) mass is 389 g/mol. The summed E-state index contributed by atoms with van der Waals surface area (Å²) < 4.78 is 5.63. The molecule has 148 valence electrons. The third-order valence-corrected chi connectivity index (χ3v) is 5.24. The van der Waals surface area contributed by atoms with Crippen molar-refractivity contribution in [2.24, 2.45) is 0 Å². The average Bonchev–Trinajstić information content (AvgIpc) is 3.22. The minimum Gasteiger partial charge on any atom is -0.444 e. The van der Waals surface area contributed by atoms with Gasteiger partial charge in [0.15, 0.2) is 0 Å². The molecule has 0 bridgehead atoms. The average molecular weight is 389 g/mol. The van der Waals surface area contributed by atoms with Gasteiger partial charge >= 0.3 is 6.03 Å². The van der Waals surface area contributed by atoms with Crippen LogP contribution in [0.2, 0.25) is 0 Å². The quantitative estimate of drug-likeness (QED) is 0.611. The molecule has 3 amide bonds. The molecule has 0 aliphatic carbocycles. The molecule has 1 aliphatic heterocycles. The van der Waals surface area contributed by atoms with E-state index in [0.717, 1.165) is 22.3 Å². The molecular weight excluding hydrogens is 366 g/mol. The van der Waals surface area contributed by atoms with Gasteiger partial charge in [-0.2, -0.15) is 0 Å². The second kappa shape index (κ2) is 7.20. The molecule has 1 atom stereocenters. The van der Waals surface area contributed by atoms with Gasteiger partial charge in [-0.05, 0) is 51.5 Å². The normalized spacial score (nSPS) is 16.8. The van der Waals surface area contributed by atoms with E-state index >= 15 is 0 Å². The molecular formula is C23H23N3O3. The molecule has 1 aliphatic rings. The summed E-state index contributed by atoms with van der Waals surface area (Å²) in [6.07, 6.45) is 1.51. The Morgan fingerprint density at radius 1 is 1.00 bits per heavy atom. The van der Waals surface area contributed by atoms with Crippen LogP contribution in [0.3, 0.4) is 0 Å². The van der Waals surface area contributed by atoms with E-state index < -0.39 is 6.04 Å². The molecule has 4 rings (SSSR count). The van der Waals surface area contributed by atoms with E-state index in [2.05, 4.69) is 11.1 Å². The number of benzene rings is 2. The maximum absolute atomic E-state index is 13.0. The molecule has 1 fully saturated rings. The summed E-state index contributed by atoms with van der Waals surface area (Å²) in [7, 11) is 0. The van der Waals surface area contributed by atoms with Crippen LogP contribution in [-0.2, 0) is 11.3 Å². The molecule has 29 heavy (non-hydrogen) atoms. The first-order valence-electron chi connectivity index (χ1n) is 9.58. The number of aromatic nitrogens is 1. The lowest BCUT2D eigenvalue weighted by Gasteiger charge is -2.19. The fourth-order valence-corrected chi connectivity index (χ4v) is 3.63. The zero-order chi connectivity index (χ0) is 20.7. The Balaban J connectivity index is 1.57. The van der Waals surface area contributed by atoms with Crippen LogP contribution in [0.1, 0.15) is 29.3 Å². The fraction of sp³-hybridized carbons (Fsp3) is 0.261. The molecule has 2 aromatic carbocycles. The first kappa shape index (κ1) is 18.9. The van der Waals surface area contributed by atoms with Crippen molar-refractivity contribution in [1.29, 1.82) is 0 Å². The lowest BCUT2D eigenvalue weighted by atomic mass is 10.1. The number of carbonyl (C=O) groups is 2. The van der Waals surface area contributed by atoms with E-state index in [1.165, 1.54) is 16.1 Å². The summed E-state index contributed by atoms with van der Waals surface area (Å²) in [4.78, 5) is 33.0. The molecule has 0 saturated carbocycles. The van der Waals surface area contributed by atoms with Gasteiger partial charge in [-0.3, -0.25) is 14.6 Å². The predicted octanol–water partition coefficient (Wildman–Crippen LogP) is 4.62. The van der Waals surface area contributed by atoms with Gasteiger partial charge in [0.2, 0.25) is 5.89 Å². The molecule has 3 aromatic rings. The second-order valence-electron chi connectivity index (χ2n) is 7.55. The van der Waals surface area contributed by atoms with E-state index in [4.69, 9.17) is 4.42 Å². The summed E-state index contributed by atoms with van der Waals surface area (Å²) in [6.45, 7) is 7.83. The van der Waals surface area contributed by atoms with Gasteiger partial charge in [0, 0.05) is 11.3 Å². The van der Waals surface area contributed by atoms with E-state index in [-0.39, 0.29) is 18.5 Å². The van der Waals surface area contributed by atoms with Gasteiger partial charge in [-0.25, -0.2) is 9.78 Å². The highest BCUT2D eigenvalue weighted by atomic mass is 16.3. The van der Waals surface area contributed by atoms with Crippen molar-refractivity contribution < 1.29 is 14.0 Å². The molecule has 6 heteroatoms. The molecule has 0 N–H and O–H groups in total. The summed E-state index contributed by atoms with van der Waals surface area (Å²) in [5.74, 6) is 0.242. The van der Waals surface area contributed by atoms with Gasteiger partial charge in [-0.1, -0.05) is 35.4 Å². The Labute approximate surface area is 169 Å². The first-order valence-corrected chi connectivity index (χ1v) is 9.58. The van der Waals surface area contributed by atoms with Crippen molar-refractivity contribution in [1.82, 2.24) is 9.88 Å². The molecule has 0 spiro atoms. The summed E-state index contributed by atoms with van der Waals surface area (Å²) >= 11 is 0. The van der Waals surface area contributed by atoms with Crippen LogP contribution in [0.4, 0.5) is 10.5 Å². The van der Waals surface area contributed by atoms with Crippen molar-refractivity contribution in [3.8, 4) is 11.5 Å². The lowest BCUT2D eigenvalue weighted by Crippen LogP contribution is -2.33. The van der Waals surface area contributed by atoms with Gasteiger partial charge in [0.05, 0.1) is 12.2 Å². The van der Waals surface area contributed by atoms with Crippen LogP contribution in [-0.4, -0.2) is 27.9 Å². The van der Waals surface area contributed by atoms with Crippen molar-refractivity contribution in [2.75, 3.05) is 4.90 Å². The van der Waals surface area contributed by atoms with E-state index in [1.807, 2.05) is 57.2 Å². The minimum atomic E-state index is -0.559. The first-order chi connectivity index (χ1) is 13.8. The number of nitrogens with zero attached hydrogens (tertiary/aromatic N) is 3. The Morgan fingerprint density at radius 3 is 2.38 bits per heavy atom. The fourth-order valence-electron chi connectivity index (χ4n) is 3.63. The molecule has 2 heterocycles. The van der Waals surface area contributed by atoms with Crippen LogP contribution in [0, 0.1) is 20.8 Å². The Hall–Kier alpha value is -3.41. The maximum atomic E-state index is 13.0. The SMILES string of the molecule is Cc1ccc(N2C(=O)N(Cc3coc(-c4ccc(C)cc4C)n3)C(=O)C2C)cc1. The number of oxazole rings is 1. The number of anilines is 1. The smallest absolute Gasteiger partial charge is 0.332 e. The number of hydrogen-bond donors (Lipinski definition) is 0. The third kappa shape index (κ3) is 3.42. The van der Waals surface area contributed by atoms with E-state index in [1.54, 1.807) is 6.92 Å². The number of imide groups is 1. The van der Waals surface area contributed by atoms with Crippen molar-refractivity contribution in [3.63, 3.8) is 0 Å². The predicted molar refractivity (Wildman–Crippen MR) is 110 cm³/mol. The van der Waals surface area contributed by atoms with Gasteiger partial charge in [0.25, 0.3) is 5.91 Å². The van der Waals surface area contributed by atoms with Crippen LogP contribution in [0.5, 0.6) is 0 Å². The molecule has 6 nitrogen and oxygen atoms in total. The van der Waals surface area contributed by atoms with Gasteiger partial charge in [0.1, 0.15) is 12.3 Å². The van der Waals surface area contributed by atoms with Crippen molar-refractivity contribution in [3.05, 3.63) is 71.1 Å². The number of hydrogen-bond acceptors (Lipinski definition) is 4. The number of aryl methyl sites for hydroxylation is 3. The number of rotatable bonds is 4. The summed E-state index contributed by atoms with van der Waals surface area (Å²) in [5, 5.41) is 0. The molecule has 1 unspecified atom stereocenters. The number of carbonyl (C=O) groups excluding carboxylic acids is 2. The van der Waals surface area contributed by atoms with Crippen LogP contribution in [0.25, 0.3) is 11.5 Å². The lowest BCUT2D eigenvalue weighted by molar-refractivity contribution is -0.127. The topological polar surface area (TPSA) is 66.7 Å². The largest absolute Gasteiger partial charge is 0.444 e. The second-order valence-corrected chi connectivity index (χ2v) is 7.55. The van der Waals surface area contributed by atoms with Crippen molar-refractivity contribution in [2.45, 2.75) is 40.3 Å². The zero-order valence-electron chi connectivity index (χ0n) is 17.0. The highest BCUT2D eigenvalue weighted by Crippen LogP contribution is 2.28. The summed E-state index contributed by atoms with van der Waals surface area (Å²) in [6, 6.07) is 12.7. The standard InChI is InChI=1S/C23H23N3O3/c1-14-5-8-19(9-6-14)26-17(4)22(27)25(23(26)28)12-18-13-29-21(24-18)20-10-7-15(2)11-16(20)3/h5-11,13,17H,12H2,1-4H3. The minimum absolute atomic E-state index is 0.0821. The Morgan fingerprint density at radius 2 is 1.69 bits per heavy atom. The number of urea groups is 1. The van der Waals surface area contributed by atoms with Crippen molar-refractivity contribution >= 4 is 17.6 Å². The third-order valence-electron chi connectivity index (χ3n) is 5.24. The molecule has 1 aromatic heterocycles.